The summed E-state index contributed by atoms with van der Waals surface area (Å²) in [5, 5.41) is 10.8. The molecule has 0 radical (unpaired) electrons. The molecule has 4 nitrogen and oxygen atoms in total. The third kappa shape index (κ3) is 4.02. The van der Waals surface area contributed by atoms with Gasteiger partial charge in [-0.25, -0.2) is 0 Å². The van der Waals surface area contributed by atoms with Gasteiger partial charge in [0.1, 0.15) is 0 Å². The van der Waals surface area contributed by atoms with Crippen LogP contribution in [0.3, 0.4) is 0 Å². The number of allylic oxidation sites excluding steroid dienone is 2. The molecule has 2 spiro atoms. The highest BCUT2D eigenvalue weighted by molar-refractivity contribution is 5.09. The van der Waals surface area contributed by atoms with Crippen LogP contribution >= 0.6 is 0 Å². The van der Waals surface area contributed by atoms with Crippen LogP contribution < -0.4 is 0 Å². The van der Waals surface area contributed by atoms with E-state index in [-0.39, 0.29) is 0 Å². The second-order valence-electron chi connectivity index (χ2n) is 8.01. The molecule has 1 N–H and O–H groups in total. The summed E-state index contributed by atoms with van der Waals surface area (Å²) < 4.78 is 18.8. The van der Waals surface area contributed by atoms with Gasteiger partial charge in [-0.1, -0.05) is 24.6 Å². The van der Waals surface area contributed by atoms with Gasteiger partial charge in [-0.15, -0.1) is 0 Å². The molecule has 25 heavy (non-hydrogen) atoms. The standard InChI is InChI=1S/C21H34O4/c1-4-17(5-2)9-10-18(22)19(3)14-15-21(24-19)13-8-12-20(25-21)11-6-7-16-23-20/h4,8,12,18,22H,5-7,9-11,13-16H2,1-3H3/b17-4+/t18-,19+,20-,21-/m0/s1. The first-order valence-corrected chi connectivity index (χ1v) is 9.99. The van der Waals surface area contributed by atoms with Gasteiger partial charge in [0.2, 0.25) is 0 Å². The molecule has 0 unspecified atom stereocenters. The van der Waals surface area contributed by atoms with Crippen LogP contribution in [0.5, 0.6) is 0 Å². The van der Waals surface area contributed by atoms with Crippen molar-refractivity contribution in [2.75, 3.05) is 6.61 Å². The van der Waals surface area contributed by atoms with Crippen molar-refractivity contribution >= 4 is 0 Å². The van der Waals surface area contributed by atoms with Crippen molar-refractivity contribution in [3.63, 3.8) is 0 Å². The zero-order chi connectivity index (χ0) is 18.0. The second-order valence-corrected chi connectivity index (χ2v) is 8.01. The summed E-state index contributed by atoms with van der Waals surface area (Å²) in [7, 11) is 0. The van der Waals surface area contributed by atoms with E-state index in [1.54, 1.807) is 0 Å². The van der Waals surface area contributed by atoms with Gasteiger partial charge in [0.15, 0.2) is 11.6 Å². The van der Waals surface area contributed by atoms with Gasteiger partial charge in [-0.3, -0.25) is 0 Å². The van der Waals surface area contributed by atoms with Crippen LogP contribution in [0.25, 0.3) is 0 Å². The molecular formula is C21H34O4. The average molecular weight is 350 g/mol. The third-order valence-electron chi connectivity index (χ3n) is 6.15. The quantitative estimate of drug-likeness (QED) is 0.735. The van der Waals surface area contributed by atoms with Crippen molar-refractivity contribution in [1.29, 1.82) is 0 Å². The summed E-state index contributed by atoms with van der Waals surface area (Å²) in [5.41, 5.74) is 0.843. The molecule has 4 atom stereocenters. The Labute approximate surface area is 152 Å². The first-order chi connectivity index (χ1) is 11.9. The van der Waals surface area contributed by atoms with Crippen molar-refractivity contribution in [3.8, 4) is 0 Å². The van der Waals surface area contributed by atoms with Crippen LogP contribution in [0, 0.1) is 0 Å². The highest BCUT2D eigenvalue weighted by Gasteiger charge is 2.55. The highest BCUT2D eigenvalue weighted by atomic mass is 16.8. The molecule has 142 valence electrons. The number of rotatable bonds is 5. The first kappa shape index (κ1) is 19.1. The Morgan fingerprint density at radius 3 is 2.76 bits per heavy atom. The smallest absolute Gasteiger partial charge is 0.191 e. The minimum Gasteiger partial charge on any atom is -0.390 e. The Morgan fingerprint density at radius 1 is 1.24 bits per heavy atom. The fraction of sp³-hybridized carbons (Fsp3) is 0.810. The molecule has 4 heteroatoms. The maximum absolute atomic E-state index is 10.8. The van der Waals surface area contributed by atoms with Crippen molar-refractivity contribution in [3.05, 3.63) is 23.8 Å². The molecule has 0 amide bonds. The van der Waals surface area contributed by atoms with Crippen molar-refractivity contribution in [2.45, 2.75) is 102 Å². The van der Waals surface area contributed by atoms with Crippen molar-refractivity contribution in [2.24, 2.45) is 0 Å². The van der Waals surface area contributed by atoms with Crippen LogP contribution in [-0.4, -0.2) is 35.0 Å². The van der Waals surface area contributed by atoms with E-state index < -0.39 is 23.3 Å². The van der Waals surface area contributed by atoms with Gasteiger partial charge in [0, 0.05) is 19.3 Å². The van der Waals surface area contributed by atoms with E-state index >= 15 is 0 Å². The monoisotopic (exact) mass is 350 g/mol. The SMILES string of the molecule is C/C=C(\CC)CC[C@H](O)[C@@]1(C)CC[C@@]2(CC=C[C@]3(CCCCO3)O2)O1. The topological polar surface area (TPSA) is 47.9 Å². The van der Waals surface area contributed by atoms with Crippen LogP contribution in [0.15, 0.2) is 23.8 Å². The van der Waals surface area contributed by atoms with Gasteiger partial charge in [-0.2, -0.15) is 0 Å². The number of aliphatic hydroxyl groups excluding tert-OH is 1. The Bertz CT molecular complexity index is 520. The van der Waals surface area contributed by atoms with E-state index in [0.29, 0.717) is 0 Å². The zero-order valence-electron chi connectivity index (χ0n) is 16.1. The van der Waals surface area contributed by atoms with Gasteiger partial charge in [0.25, 0.3) is 0 Å². The maximum atomic E-state index is 10.8. The predicted octanol–water partition coefficient (Wildman–Crippen LogP) is 4.62. The lowest BCUT2D eigenvalue weighted by molar-refractivity contribution is -0.361. The molecule has 3 aliphatic heterocycles. The minimum absolute atomic E-state index is 0.480. The zero-order valence-corrected chi connectivity index (χ0v) is 16.1. The predicted molar refractivity (Wildman–Crippen MR) is 98.1 cm³/mol. The van der Waals surface area contributed by atoms with Crippen LogP contribution in [0.2, 0.25) is 0 Å². The molecular weight excluding hydrogens is 316 g/mol. The second kappa shape index (κ2) is 7.51. The first-order valence-electron chi connectivity index (χ1n) is 9.99. The van der Waals surface area contributed by atoms with E-state index in [4.69, 9.17) is 14.2 Å². The third-order valence-corrected chi connectivity index (χ3v) is 6.15. The minimum atomic E-state index is -0.643. The number of ether oxygens (including phenoxy) is 3. The Kier molecular flexibility index (Phi) is 5.74. The molecule has 3 rings (SSSR count). The molecule has 0 bridgehead atoms. The molecule has 0 aromatic carbocycles. The van der Waals surface area contributed by atoms with E-state index in [1.165, 1.54) is 5.57 Å². The lowest BCUT2D eigenvalue weighted by Gasteiger charge is -2.45. The van der Waals surface area contributed by atoms with E-state index in [2.05, 4.69) is 32.1 Å². The van der Waals surface area contributed by atoms with Gasteiger partial charge >= 0.3 is 0 Å². The Morgan fingerprint density at radius 2 is 2.08 bits per heavy atom. The maximum Gasteiger partial charge on any atom is 0.191 e. The summed E-state index contributed by atoms with van der Waals surface area (Å²) in [6.45, 7) is 7.00. The van der Waals surface area contributed by atoms with Gasteiger partial charge < -0.3 is 19.3 Å². The van der Waals surface area contributed by atoms with Crippen LogP contribution in [-0.2, 0) is 14.2 Å². The molecule has 0 saturated carbocycles. The number of aliphatic hydroxyl groups is 1. The Balaban J connectivity index is 1.64. The summed E-state index contributed by atoms with van der Waals surface area (Å²) in [5.74, 6) is -1.26. The summed E-state index contributed by atoms with van der Waals surface area (Å²) in [4.78, 5) is 0. The summed E-state index contributed by atoms with van der Waals surface area (Å²) in [6.07, 6.45) is 14.0. The highest BCUT2D eigenvalue weighted by Crippen LogP contribution is 2.49. The fourth-order valence-electron chi connectivity index (χ4n) is 4.38. The Hall–Kier alpha value is -0.680. The summed E-state index contributed by atoms with van der Waals surface area (Å²) in [6, 6.07) is 0. The van der Waals surface area contributed by atoms with Gasteiger partial charge in [-0.05, 0) is 58.4 Å². The molecule has 3 heterocycles. The number of hydrogen-bond acceptors (Lipinski definition) is 4. The number of hydrogen-bond donors (Lipinski definition) is 1. The lowest BCUT2D eigenvalue weighted by Crippen LogP contribution is -2.51. The van der Waals surface area contributed by atoms with Crippen molar-refractivity contribution in [1.82, 2.24) is 0 Å². The fourth-order valence-corrected chi connectivity index (χ4v) is 4.38. The van der Waals surface area contributed by atoms with Crippen LogP contribution in [0.4, 0.5) is 0 Å². The largest absolute Gasteiger partial charge is 0.390 e. The molecule has 0 aliphatic carbocycles. The van der Waals surface area contributed by atoms with E-state index in [0.717, 1.165) is 64.4 Å². The van der Waals surface area contributed by atoms with Crippen molar-refractivity contribution < 1.29 is 19.3 Å². The molecule has 3 aliphatic rings. The van der Waals surface area contributed by atoms with Crippen LogP contribution in [0.1, 0.15) is 78.6 Å². The molecule has 2 saturated heterocycles. The molecule has 0 aromatic rings. The van der Waals surface area contributed by atoms with E-state index in [9.17, 15) is 5.11 Å². The average Bonchev–Trinajstić information content (AvgIpc) is 2.93. The molecule has 2 fully saturated rings. The van der Waals surface area contributed by atoms with E-state index in [1.807, 2.05) is 6.92 Å². The normalized spacial score (nSPS) is 40.1. The summed E-state index contributed by atoms with van der Waals surface area (Å²) >= 11 is 0. The molecule has 0 aromatic heterocycles. The van der Waals surface area contributed by atoms with Gasteiger partial charge in [0.05, 0.1) is 18.3 Å². The lowest BCUT2D eigenvalue weighted by atomic mass is 9.90.